The Labute approximate surface area is 239 Å². The van der Waals surface area contributed by atoms with Crippen LogP contribution in [0.25, 0.3) is 0 Å². The molecule has 218 valence electrons. The first kappa shape index (κ1) is 36.6. The molecule has 0 aromatic heterocycles. The molecule has 0 aromatic carbocycles. The Morgan fingerprint density at radius 3 is 0.611 bits per heavy atom. The molecule has 0 atom stereocenters. The lowest BCUT2D eigenvalue weighted by Crippen LogP contribution is -1.87. The van der Waals surface area contributed by atoms with Gasteiger partial charge in [0.15, 0.2) is 0 Å². The smallest absolute Gasteiger partial charge is 0.105 e. The van der Waals surface area contributed by atoms with Crippen molar-refractivity contribution in [2.75, 3.05) is 0 Å². The van der Waals surface area contributed by atoms with Crippen molar-refractivity contribution >= 4 is 23.2 Å². The molecule has 0 N–H and O–H groups in total. The van der Waals surface area contributed by atoms with E-state index in [2.05, 4.69) is 6.92 Å². The summed E-state index contributed by atoms with van der Waals surface area (Å²) in [7, 11) is 0. The van der Waals surface area contributed by atoms with Gasteiger partial charge in [0.1, 0.15) is 4.84 Å². The van der Waals surface area contributed by atoms with Crippen molar-refractivity contribution in [3.8, 4) is 0 Å². The molecule has 0 rings (SSSR count). The molecule has 0 aromatic rings. The Bertz CT molecular complexity index is 368. The molecule has 0 aliphatic heterocycles. The first-order valence-electron chi connectivity index (χ1n) is 17.1. The predicted molar refractivity (Wildman–Crippen MR) is 169 cm³/mol. The van der Waals surface area contributed by atoms with Crippen LogP contribution in [0.2, 0.25) is 0 Å². The quantitative estimate of drug-likeness (QED) is 0.0580. The second kappa shape index (κ2) is 33.6. The molecule has 0 aliphatic rings. The van der Waals surface area contributed by atoms with Crippen LogP contribution in [-0.2, 0) is 0 Å². The number of alkyl halides is 2. The second-order valence-corrected chi connectivity index (χ2v) is 13.1. The fourth-order valence-corrected chi connectivity index (χ4v) is 5.81. The maximum Gasteiger partial charge on any atom is 0.107 e. The van der Waals surface area contributed by atoms with Gasteiger partial charge in [-0.2, -0.15) is 0 Å². The number of unbranched alkanes of at least 4 members (excludes halogenated alkanes) is 30. The van der Waals surface area contributed by atoms with E-state index in [4.69, 9.17) is 23.2 Å². The molecule has 0 radical (unpaired) electrons. The molecule has 0 fully saturated rings. The van der Waals surface area contributed by atoms with Gasteiger partial charge in [0.25, 0.3) is 0 Å². The maximum atomic E-state index is 5.76. The lowest BCUT2D eigenvalue weighted by Gasteiger charge is -2.05. The van der Waals surface area contributed by atoms with E-state index in [0.29, 0.717) is 0 Å². The van der Waals surface area contributed by atoms with Crippen molar-refractivity contribution < 1.29 is 0 Å². The average molecular weight is 548 g/mol. The Hall–Kier alpha value is 0.580. The number of halogens is 2. The molecule has 0 amide bonds. The normalized spacial score (nSPS) is 11.7. The zero-order chi connectivity index (χ0) is 26.2. The van der Waals surface area contributed by atoms with Crippen molar-refractivity contribution in [3.05, 3.63) is 0 Å². The summed E-state index contributed by atoms with van der Waals surface area (Å²) in [5, 5.41) is 0. The Balaban J connectivity index is 3.01. The van der Waals surface area contributed by atoms with Crippen LogP contribution < -0.4 is 0 Å². The molecule has 0 aliphatic carbocycles. The highest BCUT2D eigenvalue weighted by molar-refractivity contribution is 6.44. The van der Waals surface area contributed by atoms with E-state index >= 15 is 0 Å². The Morgan fingerprint density at radius 2 is 0.444 bits per heavy atom. The summed E-state index contributed by atoms with van der Waals surface area (Å²) < 4.78 is 0. The highest BCUT2D eigenvalue weighted by Crippen LogP contribution is 2.17. The van der Waals surface area contributed by atoms with E-state index in [1.807, 2.05) is 0 Å². The van der Waals surface area contributed by atoms with E-state index in [1.54, 1.807) is 0 Å². The van der Waals surface area contributed by atoms with E-state index < -0.39 is 0 Å². The third-order valence-corrected chi connectivity index (χ3v) is 8.46. The van der Waals surface area contributed by atoms with Gasteiger partial charge in [-0.05, 0) is 6.42 Å². The van der Waals surface area contributed by atoms with E-state index in [0.717, 1.165) is 6.42 Å². The van der Waals surface area contributed by atoms with Crippen molar-refractivity contribution in [2.24, 2.45) is 0 Å². The minimum atomic E-state index is -0.159. The third kappa shape index (κ3) is 34.6. The first-order chi connectivity index (χ1) is 17.8. The topological polar surface area (TPSA) is 0 Å². The van der Waals surface area contributed by atoms with Gasteiger partial charge in [-0.15, -0.1) is 23.2 Å². The molecule has 0 saturated carbocycles. The minimum absolute atomic E-state index is 0.159. The lowest BCUT2D eigenvalue weighted by atomic mass is 10.0. The lowest BCUT2D eigenvalue weighted by molar-refractivity contribution is 0.512. The van der Waals surface area contributed by atoms with E-state index in [-0.39, 0.29) is 4.84 Å². The molecular formula is C34H68Cl2. The molecule has 0 nitrogen and oxygen atoms in total. The largest absolute Gasteiger partial charge is 0.107 e. The summed E-state index contributed by atoms with van der Waals surface area (Å²) in [6.45, 7) is 2.30. The summed E-state index contributed by atoms with van der Waals surface area (Å²) in [5.74, 6) is 0. The van der Waals surface area contributed by atoms with Gasteiger partial charge >= 0.3 is 0 Å². The molecule has 2 heteroatoms. The van der Waals surface area contributed by atoms with Gasteiger partial charge in [0, 0.05) is 0 Å². The van der Waals surface area contributed by atoms with Gasteiger partial charge in [-0.1, -0.05) is 206 Å². The van der Waals surface area contributed by atoms with E-state index in [9.17, 15) is 0 Å². The van der Waals surface area contributed by atoms with Crippen LogP contribution in [0.15, 0.2) is 0 Å². The number of hydrogen-bond acceptors (Lipinski definition) is 0. The molecule has 0 bridgehead atoms. The standard InChI is InChI=1S/C34H68Cl2/c1-2-3-4-5-6-7-8-9-10-11-12-13-14-15-16-17-18-19-20-21-22-23-24-25-26-27-28-29-30-31-32-33-34(35)36/h34H,2-33H2,1H3. The highest BCUT2D eigenvalue weighted by Gasteiger charge is 1.99. The van der Waals surface area contributed by atoms with Crippen LogP contribution in [0.1, 0.15) is 212 Å². The SMILES string of the molecule is CCCCCCCCCCCCCCCCCCCCCCCCCCCCCCCCCC(Cl)Cl. The van der Waals surface area contributed by atoms with Crippen LogP contribution in [0.5, 0.6) is 0 Å². The Morgan fingerprint density at radius 1 is 0.278 bits per heavy atom. The van der Waals surface area contributed by atoms with Gasteiger partial charge in [0.2, 0.25) is 0 Å². The summed E-state index contributed by atoms with van der Waals surface area (Å²) >= 11 is 11.5. The van der Waals surface area contributed by atoms with Gasteiger partial charge in [-0.3, -0.25) is 0 Å². The minimum Gasteiger partial charge on any atom is -0.105 e. The number of hydrogen-bond donors (Lipinski definition) is 0. The van der Waals surface area contributed by atoms with Crippen molar-refractivity contribution in [3.63, 3.8) is 0 Å². The molecule has 0 saturated heterocycles. The van der Waals surface area contributed by atoms with Crippen LogP contribution in [0.3, 0.4) is 0 Å². The molecule has 36 heavy (non-hydrogen) atoms. The molecule has 0 spiro atoms. The van der Waals surface area contributed by atoms with E-state index in [1.165, 1.54) is 199 Å². The summed E-state index contributed by atoms with van der Waals surface area (Å²) in [5.41, 5.74) is 0. The fourth-order valence-electron chi connectivity index (χ4n) is 5.50. The van der Waals surface area contributed by atoms with Crippen molar-refractivity contribution in [2.45, 2.75) is 217 Å². The maximum absolute atomic E-state index is 5.76. The third-order valence-electron chi connectivity index (χ3n) is 8.03. The first-order valence-corrected chi connectivity index (χ1v) is 17.9. The monoisotopic (exact) mass is 546 g/mol. The van der Waals surface area contributed by atoms with Crippen molar-refractivity contribution in [1.82, 2.24) is 0 Å². The predicted octanol–water partition coefficient (Wildman–Crippen LogP) is 14.3. The number of rotatable bonds is 32. The molecular weight excluding hydrogens is 479 g/mol. The van der Waals surface area contributed by atoms with Gasteiger partial charge in [0.05, 0.1) is 0 Å². The Kier molecular flexibility index (Phi) is 34.1. The highest BCUT2D eigenvalue weighted by atomic mass is 35.5. The second-order valence-electron chi connectivity index (χ2n) is 11.8. The van der Waals surface area contributed by atoms with Crippen LogP contribution in [0, 0.1) is 0 Å². The van der Waals surface area contributed by atoms with Crippen molar-refractivity contribution in [1.29, 1.82) is 0 Å². The van der Waals surface area contributed by atoms with Crippen LogP contribution >= 0.6 is 23.2 Å². The zero-order valence-corrected chi connectivity index (χ0v) is 26.5. The summed E-state index contributed by atoms with van der Waals surface area (Å²) in [6, 6.07) is 0. The molecule has 0 unspecified atom stereocenters. The average Bonchev–Trinajstić information content (AvgIpc) is 2.87. The fraction of sp³-hybridized carbons (Fsp3) is 1.00. The van der Waals surface area contributed by atoms with Crippen LogP contribution in [-0.4, -0.2) is 4.84 Å². The van der Waals surface area contributed by atoms with Gasteiger partial charge in [-0.25, -0.2) is 0 Å². The summed E-state index contributed by atoms with van der Waals surface area (Å²) in [4.78, 5) is -0.159. The van der Waals surface area contributed by atoms with Gasteiger partial charge < -0.3 is 0 Å². The van der Waals surface area contributed by atoms with Crippen LogP contribution in [0.4, 0.5) is 0 Å². The summed E-state index contributed by atoms with van der Waals surface area (Å²) in [6.07, 6.45) is 45.9. The molecule has 0 heterocycles. The zero-order valence-electron chi connectivity index (χ0n) is 25.0.